The number of aromatic nitrogens is 1. The van der Waals surface area contributed by atoms with E-state index in [4.69, 9.17) is 10.6 Å². The second-order valence-corrected chi connectivity index (χ2v) is 5.53. The van der Waals surface area contributed by atoms with Gasteiger partial charge in [0.05, 0.1) is 31.5 Å². The lowest BCUT2D eigenvalue weighted by atomic mass is 9.92. The van der Waals surface area contributed by atoms with Gasteiger partial charge < -0.3 is 15.5 Å². The second-order valence-electron chi connectivity index (χ2n) is 5.53. The van der Waals surface area contributed by atoms with Crippen molar-refractivity contribution in [2.45, 2.75) is 32.2 Å². The standard InChI is InChI=1S/C14H21N5O/c1-4-5-14-7-17-12-11(15)10(2)6-16-13(12)19(14)9-18(8-14)20-3/h6-7H,4-5,8-9H2,1-3H3,(H2,15,16). The highest BCUT2D eigenvalue weighted by atomic mass is 16.7. The number of aryl methyl sites for hydroxylation is 1. The summed E-state index contributed by atoms with van der Waals surface area (Å²) in [5, 5.41) is 1.94. The van der Waals surface area contributed by atoms with Crippen molar-refractivity contribution in [3.63, 3.8) is 0 Å². The molecule has 2 aliphatic rings. The third-order valence-corrected chi connectivity index (χ3v) is 4.19. The van der Waals surface area contributed by atoms with Crippen molar-refractivity contribution in [2.24, 2.45) is 4.99 Å². The Balaban J connectivity index is 2.09. The summed E-state index contributed by atoms with van der Waals surface area (Å²) in [6.45, 7) is 5.63. The van der Waals surface area contributed by atoms with Gasteiger partial charge in [0, 0.05) is 12.4 Å². The molecule has 0 saturated carbocycles. The van der Waals surface area contributed by atoms with Crippen molar-refractivity contribution in [1.82, 2.24) is 10.0 Å². The van der Waals surface area contributed by atoms with Gasteiger partial charge in [0.2, 0.25) is 0 Å². The Bertz CT molecular complexity index is 559. The number of anilines is 2. The Morgan fingerprint density at radius 2 is 2.30 bits per heavy atom. The van der Waals surface area contributed by atoms with E-state index in [1.165, 1.54) is 0 Å². The van der Waals surface area contributed by atoms with Gasteiger partial charge >= 0.3 is 0 Å². The molecule has 6 nitrogen and oxygen atoms in total. The van der Waals surface area contributed by atoms with Crippen LogP contribution in [0.1, 0.15) is 25.3 Å². The lowest BCUT2D eigenvalue weighted by molar-refractivity contribution is -0.114. The predicted octanol–water partition coefficient (Wildman–Crippen LogP) is 1.87. The molecule has 0 aromatic carbocycles. The van der Waals surface area contributed by atoms with Crippen LogP contribution in [-0.2, 0) is 4.84 Å². The van der Waals surface area contributed by atoms with Gasteiger partial charge in [-0.1, -0.05) is 13.3 Å². The third-order valence-electron chi connectivity index (χ3n) is 4.19. The van der Waals surface area contributed by atoms with Gasteiger partial charge in [0.25, 0.3) is 0 Å². The second kappa shape index (κ2) is 4.71. The maximum absolute atomic E-state index is 6.15. The molecule has 2 aliphatic heterocycles. The fraction of sp³-hybridized carbons (Fsp3) is 0.571. The molecule has 0 radical (unpaired) electrons. The largest absolute Gasteiger partial charge is 0.397 e. The number of nitrogen functional groups attached to an aromatic ring is 1. The Labute approximate surface area is 119 Å². The van der Waals surface area contributed by atoms with Gasteiger partial charge in [-0.15, -0.1) is 0 Å². The van der Waals surface area contributed by atoms with Crippen LogP contribution in [-0.4, -0.2) is 42.1 Å². The van der Waals surface area contributed by atoms with Crippen LogP contribution in [0, 0.1) is 6.92 Å². The first-order valence-electron chi connectivity index (χ1n) is 6.98. The molecule has 20 heavy (non-hydrogen) atoms. The highest BCUT2D eigenvalue weighted by Crippen LogP contribution is 2.44. The average Bonchev–Trinajstić information content (AvgIpc) is 2.82. The van der Waals surface area contributed by atoms with E-state index in [0.29, 0.717) is 12.4 Å². The topological polar surface area (TPSA) is 67.0 Å². The molecule has 0 bridgehead atoms. The molecule has 1 saturated heterocycles. The maximum atomic E-state index is 6.15. The highest BCUT2D eigenvalue weighted by Gasteiger charge is 2.47. The van der Waals surface area contributed by atoms with E-state index >= 15 is 0 Å². The summed E-state index contributed by atoms with van der Waals surface area (Å²) in [5.74, 6) is 0.864. The Kier molecular flexibility index (Phi) is 3.14. The lowest BCUT2D eigenvalue weighted by Gasteiger charge is -2.38. The van der Waals surface area contributed by atoms with E-state index < -0.39 is 0 Å². The van der Waals surface area contributed by atoms with E-state index in [-0.39, 0.29) is 5.54 Å². The van der Waals surface area contributed by atoms with Crippen molar-refractivity contribution in [2.75, 3.05) is 31.0 Å². The molecule has 1 aromatic heterocycles. The lowest BCUT2D eigenvalue weighted by Crippen LogP contribution is -2.49. The summed E-state index contributed by atoms with van der Waals surface area (Å²) in [4.78, 5) is 16.9. The molecule has 2 N–H and O–H groups in total. The molecular formula is C14H21N5O. The molecular weight excluding hydrogens is 254 g/mol. The number of hydroxylamine groups is 2. The van der Waals surface area contributed by atoms with Gasteiger partial charge in [-0.3, -0.25) is 4.99 Å². The molecule has 3 rings (SSSR count). The van der Waals surface area contributed by atoms with Crippen LogP contribution < -0.4 is 10.6 Å². The number of nitrogens with zero attached hydrogens (tertiary/aromatic N) is 4. The SMILES string of the molecule is CCCC12C=Nc3c(ncc(C)c3N)N1CN(OC)C2. The van der Waals surface area contributed by atoms with Gasteiger partial charge in [-0.05, 0) is 18.9 Å². The molecule has 3 heterocycles. The summed E-state index contributed by atoms with van der Waals surface area (Å²) in [6, 6.07) is 0. The van der Waals surface area contributed by atoms with E-state index in [2.05, 4.69) is 21.8 Å². The van der Waals surface area contributed by atoms with Gasteiger partial charge in [0.1, 0.15) is 5.69 Å². The summed E-state index contributed by atoms with van der Waals surface area (Å²) in [5.41, 5.74) is 8.48. The van der Waals surface area contributed by atoms with Crippen LogP contribution in [0.5, 0.6) is 0 Å². The molecule has 1 aromatic rings. The molecule has 1 unspecified atom stereocenters. The van der Waals surface area contributed by atoms with Crippen LogP contribution in [0.3, 0.4) is 0 Å². The average molecular weight is 275 g/mol. The summed E-state index contributed by atoms with van der Waals surface area (Å²) in [6.07, 6.45) is 5.94. The van der Waals surface area contributed by atoms with Gasteiger partial charge in [-0.25, -0.2) is 4.98 Å². The number of fused-ring (bicyclic) bond motifs is 3. The number of hydrogen-bond acceptors (Lipinski definition) is 6. The van der Waals surface area contributed by atoms with Crippen molar-refractivity contribution in [1.29, 1.82) is 0 Å². The van der Waals surface area contributed by atoms with E-state index in [9.17, 15) is 0 Å². The van der Waals surface area contributed by atoms with Crippen LogP contribution in [0.2, 0.25) is 0 Å². The van der Waals surface area contributed by atoms with E-state index in [1.54, 1.807) is 7.11 Å². The molecule has 1 fully saturated rings. The number of nitrogens with two attached hydrogens (primary N) is 1. The molecule has 0 aliphatic carbocycles. The van der Waals surface area contributed by atoms with E-state index in [1.807, 2.05) is 24.4 Å². The van der Waals surface area contributed by atoms with Crippen LogP contribution in [0.4, 0.5) is 17.2 Å². The fourth-order valence-electron chi connectivity index (χ4n) is 3.07. The van der Waals surface area contributed by atoms with Gasteiger partial charge in [-0.2, -0.15) is 5.06 Å². The minimum absolute atomic E-state index is 0.132. The van der Waals surface area contributed by atoms with E-state index in [0.717, 1.165) is 36.5 Å². The monoisotopic (exact) mass is 275 g/mol. The van der Waals surface area contributed by atoms with Crippen LogP contribution in [0.25, 0.3) is 0 Å². The fourth-order valence-corrected chi connectivity index (χ4v) is 3.07. The zero-order chi connectivity index (χ0) is 14.3. The first kappa shape index (κ1) is 13.3. The summed E-state index contributed by atoms with van der Waals surface area (Å²) >= 11 is 0. The Morgan fingerprint density at radius 1 is 1.50 bits per heavy atom. The minimum atomic E-state index is -0.132. The maximum Gasteiger partial charge on any atom is 0.158 e. The van der Waals surface area contributed by atoms with Crippen molar-refractivity contribution in [3.8, 4) is 0 Å². The molecule has 108 valence electrons. The number of pyridine rings is 1. The molecule has 0 spiro atoms. The smallest absolute Gasteiger partial charge is 0.158 e. The summed E-state index contributed by atoms with van der Waals surface area (Å²) in [7, 11) is 1.70. The van der Waals surface area contributed by atoms with Crippen molar-refractivity contribution in [3.05, 3.63) is 11.8 Å². The Hall–Kier alpha value is -1.66. The van der Waals surface area contributed by atoms with Crippen LogP contribution in [0.15, 0.2) is 11.2 Å². The normalized spacial score (nSPS) is 24.9. The first-order chi connectivity index (χ1) is 9.61. The molecule has 6 heteroatoms. The first-order valence-corrected chi connectivity index (χ1v) is 6.98. The minimum Gasteiger partial charge on any atom is -0.397 e. The van der Waals surface area contributed by atoms with Crippen LogP contribution >= 0.6 is 0 Å². The zero-order valence-corrected chi connectivity index (χ0v) is 12.3. The van der Waals surface area contributed by atoms with Crippen molar-refractivity contribution < 1.29 is 4.84 Å². The predicted molar refractivity (Wildman–Crippen MR) is 80.2 cm³/mol. The quantitative estimate of drug-likeness (QED) is 0.912. The number of hydrogen-bond donors (Lipinski definition) is 1. The molecule has 0 amide bonds. The number of rotatable bonds is 3. The zero-order valence-electron chi connectivity index (χ0n) is 12.3. The Morgan fingerprint density at radius 3 is 3.00 bits per heavy atom. The summed E-state index contributed by atoms with van der Waals surface area (Å²) < 4.78 is 0. The van der Waals surface area contributed by atoms with Gasteiger partial charge in [0.15, 0.2) is 5.82 Å². The highest BCUT2D eigenvalue weighted by molar-refractivity contribution is 5.92. The molecule has 1 atom stereocenters. The third kappa shape index (κ3) is 1.79. The number of aliphatic imine (C=N–C) groups is 1. The van der Waals surface area contributed by atoms with Crippen molar-refractivity contribution >= 4 is 23.4 Å².